The number of aromatic nitrogens is 2. The van der Waals surface area contributed by atoms with E-state index in [1.165, 1.54) is 4.90 Å². The van der Waals surface area contributed by atoms with Crippen LogP contribution < -0.4 is 5.32 Å². The van der Waals surface area contributed by atoms with Gasteiger partial charge in [-0.25, -0.2) is 4.79 Å². The Balaban J connectivity index is 2.52. The fourth-order valence-corrected chi connectivity index (χ4v) is 1.34. The fraction of sp³-hybridized carbons (Fsp3) is 0.600. The molecule has 2 amide bonds. The Morgan fingerprint density at radius 3 is 2.75 bits per heavy atom. The molecule has 0 aliphatic rings. The summed E-state index contributed by atoms with van der Waals surface area (Å²) < 4.78 is 1.60. The first-order valence-corrected chi connectivity index (χ1v) is 5.02. The highest BCUT2D eigenvalue weighted by molar-refractivity contribution is 5.88. The van der Waals surface area contributed by atoms with Crippen molar-refractivity contribution in [3.05, 3.63) is 12.3 Å². The molecule has 0 unspecified atom stereocenters. The maximum atomic E-state index is 11.7. The van der Waals surface area contributed by atoms with Crippen LogP contribution in [0.15, 0.2) is 12.3 Å². The number of amides is 2. The lowest BCUT2D eigenvalue weighted by Gasteiger charge is -2.25. The summed E-state index contributed by atoms with van der Waals surface area (Å²) in [7, 11) is 3.40. The highest BCUT2D eigenvalue weighted by Gasteiger charge is 2.19. The number of carbonyl (C=O) groups is 1. The van der Waals surface area contributed by atoms with Gasteiger partial charge in [-0.2, -0.15) is 5.10 Å². The number of nitrogens with zero attached hydrogens (tertiary/aromatic N) is 3. The van der Waals surface area contributed by atoms with Crippen LogP contribution in [0, 0.1) is 0 Å². The Morgan fingerprint density at radius 2 is 2.31 bits per heavy atom. The van der Waals surface area contributed by atoms with Crippen molar-refractivity contribution in [2.75, 3.05) is 18.9 Å². The standard InChI is InChI=1S/C10H18N4O2/c1-10(2,16)7-13(3)9(15)11-8-5-6-14(4)12-8/h5-6,16H,7H2,1-4H3,(H,11,12,15). The molecule has 0 radical (unpaired) electrons. The third-order valence-electron chi connectivity index (χ3n) is 1.92. The Morgan fingerprint density at radius 1 is 1.69 bits per heavy atom. The molecule has 0 saturated heterocycles. The topological polar surface area (TPSA) is 70.4 Å². The van der Waals surface area contributed by atoms with Crippen LogP contribution in [-0.4, -0.2) is 45.0 Å². The third-order valence-corrected chi connectivity index (χ3v) is 1.92. The Hall–Kier alpha value is -1.56. The third kappa shape index (κ3) is 3.90. The number of rotatable bonds is 3. The maximum Gasteiger partial charge on any atom is 0.322 e. The van der Waals surface area contributed by atoms with Gasteiger partial charge in [-0.05, 0) is 13.8 Å². The molecule has 6 nitrogen and oxygen atoms in total. The lowest BCUT2D eigenvalue weighted by Crippen LogP contribution is -2.41. The number of likely N-dealkylation sites (N-methyl/N-ethyl adjacent to an activating group) is 1. The second-order valence-electron chi connectivity index (χ2n) is 4.47. The highest BCUT2D eigenvalue weighted by atomic mass is 16.3. The molecule has 16 heavy (non-hydrogen) atoms. The van der Waals surface area contributed by atoms with Crippen molar-refractivity contribution >= 4 is 11.8 Å². The zero-order chi connectivity index (χ0) is 12.3. The largest absolute Gasteiger partial charge is 0.389 e. The van der Waals surface area contributed by atoms with Gasteiger partial charge in [-0.3, -0.25) is 10.00 Å². The highest BCUT2D eigenvalue weighted by Crippen LogP contribution is 2.06. The van der Waals surface area contributed by atoms with Crippen molar-refractivity contribution in [1.29, 1.82) is 0 Å². The molecule has 0 atom stereocenters. The summed E-state index contributed by atoms with van der Waals surface area (Å²) in [6, 6.07) is 1.41. The number of carbonyl (C=O) groups excluding carboxylic acids is 1. The lowest BCUT2D eigenvalue weighted by molar-refractivity contribution is 0.0550. The number of hydrogen-bond donors (Lipinski definition) is 2. The van der Waals surface area contributed by atoms with Gasteiger partial charge in [0.25, 0.3) is 0 Å². The molecule has 6 heteroatoms. The van der Waals surface area contributed by atoms with E-state index in [1.807, 2.05) is 0 Å². The molecule has 0 aliphatic heterocycles. The van der Waals surface area contributed by atoms with E-state index in [-0.39, 0.29) is 12.6 Å². The second kappa shape index (κ2) is 4.52. The number of urea groups is 1. The lowest BCUT2D eigenvalue weighted by atomic mass is 10.1. The van der Waals surface area contributed by atoms with Crippen molar-refractivity contribution in [3.63, 3.8) is 0 Å². The van der Waals surface area contributed by atoms with Crippen LogP contribution >= 0.6 is 0 Å². The minimum atomic E-state index is -0.907. The van der Waals surface area contributed by atoms with Gasteiger partial charge in [0.1, 0.15) is 0 Å². The van der Waals surface area contributed by atoms with E-state index in [2.05, 4.69) is 10.4 Å². The Bertz CT molecular complexity index is 367. The van der Waals surface area contributed by atoms with Crippen molar-refractivity contribution < 1.29 is 9.90 Å². The molecular weight excluding hydrogens is 208 g/mol. The summed E-state index contributed by atoms with van der Waals surface area (Å²) >= 11 is 0. The molecule has 0 bridgehead atoms. The number of anilines is 1. The van der Waals surface area contributed by atoms with Gasteiger partial charge in [-0.15, -0.1) is 0 Å². The summed E-state index contributed by atoms with van der Waals surface area (Å²) in [6.45, 7) is 3.56. The Kier molecular flexibility index (Phi) is 3.54. The summed E-state index contributed by atoms with van der Waals surface area (Å²) in [6.07, 6.45) is 1.74. The molecule has 1 rings (SSSR count). The number of aryl methyl sites for hydroxylation is 1. The van der Waals surface area contributed by atoms with Crippen LogP contribution in [0.25, 0.3) is 0 Å². The molecule has 0 spiro atoms. The number of hydrogen-bond acceptors (Lipinski definition) is 3. The smallest absolute Gasteiger partial charge is 0.322 e. The normalized spacial score (nSPS) is 11.3. The van der Waals surface area contributed by atoms with E-state index >= 15 is 0 Å². The quantitative estimate of drug-likeness (QED) is 0.795. The molecule has 0 aliphatic carbocycles. The zero-order valence-corrected chi connectivity index (χ0v) is 10.1. The van der Waals surface area contributed by atoms with Crippen molar-refractivity contribution in [1.82, 2.24) is 14.7 Å². The molecular formula is C10H18N4O2. The van der Waals surface area contributed by atoms with Crippen LogP contribution in [0.4, 0.5) is 10.6 Å². The Labute approximate surface area is 94.9 Å². The van der Waals surface area contributed by atoms with Crippen LogP contribution in [0.3, 0.4) is 0 Å². The van der Waals surface area contributed by atoms with Crippen molar-refractivity contribution in [3.8, 4) is 0 Å². The second-order valence-corrected chi connectivity index (χ2v) is 4.47. The van der Waals surface area contributed by atoms with Crippen LogP contribution in [-0.2, 0) is 7.05 Å². The summed E-state index contributed by atoms with van der Waals surface area (Å²) in [5.41, 5.74) is -0.907. The first-order valence-electron chi connectivity index (χ1n) is 5.02. The first kappa shape index (κ1) is 12.5. The maximum absolute atomic E-state index is 11.7. The van der Waals surface area contributed by atoms with E-state index in [4.69, 9.17) is 0 Å². The minimum Gasteiger partial charge on any atom is -0.389 e. The monoisotopic (exact) mass is 226 g/mol. The molecule has 1 aromatic rings. The molecule has 2 N–H and O–H groups in total. The summed E-state index contributed by atoms with van der Waals surface area (Å²) in [4.78, 5) is 13.1. The zero-order valence-electron chi connectivity index (χ0n) is 10.1. The van der Waals surface area contributed by atoms with Crippen LogP contribution in [0.5, 0.6) is 0 Å². The summed E-state index contributed by atoms with van der Waals surface area (Å²) in [5.74, 6) is 0.495. The number of nitrogens with one attached hydrogen (secondary N) is 1. The molecule has 1 heterocycles. The van der Waals surface area contributed by atoms with Crippen molar-refractivity contribution in [2.45, 2.75) is 19.4 Å². The van der Waals surface area contributed by atoms with Gasteiger partial charge in [0.2, 0.25) is 0 Å². The molecule has 0 fully saturated rings. The first-order chi connectivity index (χ1) is 7.28. The molecule has 0 aromatic carbocycles. The van der Waals surface area contributed by atoms with Gasteiger partial charge < -0.3 is 10.0 Å². The fourth-order valence-electron chi connectivity index (χ4n) is 1.34. The van der Waals surface area contributed by atoms with E-state index < -0.39 is 5.60 Å². The average molecular weight is 226 g/mol. The average Bonchev–Trinajstić information content (AvgIpc) is 2.48. The van der Waals surface area contributed by atoms with Gasteiger partial charge in [0, 0.05) is 26.4 Å². The van der Waals surface area contributed by atoms with Crippen LogP contribution in [0.2, 0.25) is 0 Å². The minimum absolute atomic E-state index is 0.256. The van der Waals surface area contributed by atoms with E-state index in [1.54, 1.807) is 44.9 Å². The SMILES string of the molecule is CN(CC(C)(C)O)C(=O)Nc1ccn(C)n1. The van der Waals surface area contributed by atoms with Gasteiger partial charge in [0.05, 0.1) is 12.1 Å². The van der Waals surface area contributed by atoms with E-state index in [0.717, 1.165) is 0 Å². The van der Waals surface area contributed by atoms with Gasteiger partial charge in [0.15, 0.2) is 5.82 Å². The van der Waals surface area contributed by atoms with E-state index in [9.17, 15) is 9.90 Å². The summed E-state index contributed by atoms with van der Waals surface area (Å²) in [5, 5.41) is 16.2. The predicted molar refractivity (Wildman–Crippen MR) is 61.2 cm³/mol. The predicted octanol–water partition coefficient (Wildman–Crippen LogP) is 0.655. The molecule has 0 saturated carbocycles. The van der Waals surface area contributed by atoms with Crippen LogP contribution in [0.1, 0.15) is 13.8 Å². The van der Waals surface area contributed by atoms with Gasteiger partial charge in [-0.1, -0.05) is 0 Å². The molecule has 90 valence electrons. The van der Waals surface area contributed by atoms with Gasteiger partial charge >= 0.3 is 6.03 Å². The molecule has 1 aromatic heterocycles. The van der Waals surface area contributed by atoms with Crippen molar-refractivity contribution in [2.24, 2.45) is 7.05 Å². The number of aliphatic hydroxyl groups is 1. The van der Waals surface area contributed by atoms with E-state index in [0.29, 0.717) is 5.82 Å².